The van der Waals surface area contributed by atoms with Crippen molar-refractivity contribution in [2.75, 3.05) is 24.7 Å². The first kappa shape index (κ1) is 16.0. The number of nitrogens with two attached hydrogens (primary N) is 1. The van der Waals surface area contributed by atoms with Crippen LogP contribution in [0.15, 0.2) is 41.6 Å². The molecule has 0 spiro atoms. The standard InChI is InChI=1S/C16H17N3O.CH4O/c1-10-11(7-12(10)9-20)8-19-15-4-2-3-14-13(15)5-6-18-16(14)17;1-2/h2-6,9,12,19H,7-8H2,1H3,(H2,17,18);2H,1H3. The maximum absolute atomic E-state index is 10.8. The van der Waals surface area contributed by atoms with Gasteiger partial charge in [-0.15, -0.1) is 0 Å². The highest BCUT2D eigenvalue weighted by molar-refractivity contribution is 5.99. The molecular weight excluding hydrogens is 278 g/mol. The number of aliphatic hydroxyl groups is 1. The minimum Gasteiger partial charge on any atom is -0.400 e. The molecule has 1 heterocycles. The van der Waals surface area contributed by atoms with Crippen LogP contribution in [0.4, 0.5) is 11.5 Å². The summed E-state index contributed by atoms with van der Waals surface area (Å²) in [6.45, 7) is 2.81. The van der Waals surface area contributed by atoms with Gasteiger partial charge in [0.2, 0.25) is 0 Å². The number of carbonyl (C=O) groups excluding carboxylic acids is 1. The third kappa shape index (κ3) is 2.94. The van der Waals surface area contributed by atoms with Gasteiger partial charge < -0.3 is 21.0 Å². The number of hydrogen-bond donors (Lipinski definition) is 3. The minimum atomic E-state index is 0.124. The Hall–Kier alpha value is -2.40. The zero-order chi connectivity index (χ0) is 16.1. The number of allylic oxidation sites excluding steroid dienone is 1. The molecular formula is C17H21N3O2. The van der Waals surface area contributed by atoms with Crippen LogP contribution >= 0.6 is 0 Å². The van der Waals surface area contributed by atoms with E-state index in [1.807, 2.05) is 31.2 Å². The molecule has 1 aromatic heterocycles. The van der Waals surface area contributed by atoms with E-state index in [1.165, 1.54) is 11.1 Å². The monoisotopic (exact) mass is 299 g/mol. The van der Waals surface area contributed by atoms with Crippen LogP contribution in [0.5, 0.6) is 0 Å². The second kappa shape index (κ2) is 7.04. The molecule has 0 saturated carbocycles. The molecule has 0 saturated heterocycles. The third-order valence-electron chi connectivity index (χ3n) is 4.07. The van der Waals surface area contributed by atoms with E-state index in [4.69, 9.17) is 10.8 Å². The number of nitrogens with one attached hydrogen (secondary N) is 1. The smallest absolute Gasteiger partial charge is 0.131 e. The van der Waals surface area contributed by atoms with Gasteiger partial charge in [0.25, 0.3) is 0 Å². The van der Waals surface area contributed by atoms with E-state index in [-0.39, 0.29) is 5.92 Å². The van der Waals surface area contributed by atoms with Crippen LogP contribution in [0.3, 0.4) is 0 Å². The summed E-state index contributed by atoms with van der Waals surface area (Å²) in [6.07, 6.45) is 3.62. The number of fused-ring (bicyclic) bond motifs is 1. The van der Waals surface area contributed by atoms with Crippen LogP contribution in [0.1, 0.15) is 13.3 Å². The Morgan fingerprint density at radius 2 is 2.14 bits per heavy atom. The summed E-state index contributed by atoms with van der Waals surface area (Å²) in [4.78, 5) is 14.9. The molecule has 1 aliphatic rings. The number of aromatic nitrogens is 1. The minimum absolute atomic E-state index is 0.124. The molecule has 0 amide bonds. The van der Waals surface area contributed by atoms with Crippen molar-refractivity contribution in [2.24, 2.45) is 5.92 Å². The van der Waals surface area contributed by atoms with Crippen molar-refractivity contribution < 1.29 is 9.90 Å². The van der Waals surface area contributed by atoms with Crippen LogP contribution in [0, 0.1) is 5.92 Å². The van der Waals surface area contributed by atoms with Crippen molar-refractivity contribution in [1.29, 1.82) is 0 Å². The van der Waals surface area contributed by atoms with E-state index in [2.05, 4.69) is 10.3 Å². The van der Waals surface area contributed by atoms with Gasteiger partial charge in [0.1, 0.15) is 12.1 Å². The molecule has 1 atom stereocenters. The normalized spacial score (nSPS) is 16.6. The Labute approximate surface area is 129 Å². The molecule has 0 bridgehead atoms. The number of anilines is 2. The van der Waals surface area contributed by atoms with Gasteiger partial charge in [-0.3, -0.25) is 0 Å². The Kier molecular flexibility index (Phi) is 5.12. The van der Waals surface area contributed by atoms with E-state index >= 15 is 0 Å². The van der Waals surface area contributed by atoms with E-state index < -0.39 is 0 Å². The highest BCUT2D eigenvalue weighted by Gasteiger charge is 2.24. The third-order valence-corrected chi connectivity index (χ3v) is 4.07. The second-order valence-corrected chi connectivity index (χ2v) is 5.18. The Balaban J connectivity index is 0.000000847. The molecule has 4 N–H and O–H groups in total. The summed E-state index contributed by atoms with van der Waals surface area (Å²) in [7, 11) is 1.00. The number of nitrogen functional groups attached to an aromatic ring is 1. The fourth-order valence-corrected chi connectivity index (χ4v) is 2.66. The summed E-state index contributed by atoms with van der Waals surface area (Å²) >= 11 is 0. The lowest BCUT2D eigenvalue weighted by Gasteiger charge is -2.28. The van der Waals surface area contributed by atoms with Crippen LogP contribution in [-0.2, 0) is 4.79 Å². The largest absolute Gasteiger partial charge is 0.400 e. The quantitative estimate of drug-likeness (QED) is 0.596. The first-order valence-corrected chi connectivity index (χ1v) is 7.16. The van der Waals surface area contributed by atoms with Crippen molar-refractivity contribution in [1.82, 2.24) is 4.98 Å². The molecule has 5 nitrogen and oxygen atoms in total. The van der Waals surface area contributed by atoms with Crippen molar-refractivity contribution >= 4 is 28.6 Å². The summed E-state index contributed by atoms with van der Waals surface area (Å²) in [6, 6.07) is 7.94. The molecule has 5 heteroatoms. The van der Waals surface area contributed by atoms with Crippen molar-refractivity contribution in [3.05, 3.63) is 41.6 Å². The number of hydrogen-bond acceptors (Lipinski definition) is 5. The Bertz CT molecular complexity index is 710. The molecule has 0 aliphatic heterocycles. The first-order chi connectivity index (χ1) is 10.7. The molecule has 0 fully saturated rings. The zero-order valence-corrected chi connectivity index (χ0v) is 12.8. The summed E-state index contributed by atoms with van der Waals surface area (Å²) in [5.74, 6) is 0.672. The molecule has 0 radical (unpaired) electrons. The summed E-state index contributed by atoms with van der Waals surface area (Å²) in [5.41, 5.74) is 9.46. The topological polar surface area (TPSA) is 88.2 Å². The van der Waals surface area contributed by atoms with Crippen LogP contribution < -0.4 is 11.1 Å². The van der Waals surface area contributed by atoms with Gasteiger partial charge in [-0.1, -0.05) is 23.3 Å². The molecule has 22 heavy (non-hydrogen) atoms. The van der Waals surface area contributed by atoms with Crippen LogP contribution in [-0.4, -0.2) is 30.0 Å². The lowest BCUT2D eigenvalue weighted by Crippen LogP contribution is -2.23. The maximum Gasteiger partial charge on any atom is 0.131 e. The number of aldehydes is 1. The van der Waals surface area contributed by atoms with Gasteiger partial charge >= 0.3 is 0 Å². The SMILES string of the molecule is CC1=C(CNc2cccc3c(N)nccc23)CC1C=O.CO. The highest BCUT2D eigenvalue weighted by atomic mass is 16.2. The fraction of sp³-hybridized carbons (Fsp3) is 0.294. The van der Waals surface area contributed by atoms with E-state index in [9.17, 15) is 4.79 Å². The lowest BCUT2D eigenvalue weighted by molar-refractivity contribution is -0.110. The van der Waals surface area contributed by atoms with E-state index in [1.54, 1.807) is 6.20 Å². The van der Waals surface area contributed by atoms with E-state index in [0.717, 1.165) is 42.8 Å². The Morgan fingerprint density at radius 1 is 1.36 bits per heavy atom. The fourth-order valence-electron chi connectivity index (χ4n) is 2.66. The van der Waals surface area contributed by atoms with Gasteiger partial charge in [0.05, 0.1) is 0 Å². The molecule has 3 rings (SSSR count). The number of benzene rings is 1. The van der Waals surface area contributed by atoms with Crippen molar-refractivity contribution in [2.45, 2.75) is 13.3 Å². The van der Waals surface area contributed by atoms with Crippen molar-refractivity contribution in [3.63, 3.8) is 0 Å². The average Bonchev–Trinajstić information content (AvgIpc) is 2.56. The predicted molar refractivity (Wildman–Crippen MR) is 89.7 cm³/mol. The number of carbonyl (C=O) groups is 1. The maximum atomic E-state index is 10.8. The van der Waals surface area contributed by atoms with Crippen LogP contribution in [0.2, 0.25) is 0 Å². The molecule has 116 valence electrons. The number of nitrogens with zero attached hydrogens (tertiary/aromatic N) is 1. The highest BCUT2D eigenvalue weighted by Crippen LogP contribution is 2.33. The summed E-state index contributed by atoms with van der Waals surface area (Å²) in [5, 5.41) is 12.5. The first-order valence-electron chi connectivity index (χ1n) is 7.16. The average molecular weight is 299 g/mol. The lowest BCUT2D eigenvalue weighted by atomic mass is 9.79. The number of rotatable bonds is 4. The second-order valence-electron chi connectivity index (χ2n) is 5.18. The predicted octanol–water partition coefficient (Wildman–Crippen LogP) is 2.37. The van der Waals surface area contributed by atoms with Gasteiger partial charge in [-0.25, -0.2) is 4.98 Å². The van der Waals surface area contributed by atoms with Gasteiger partial charge in [-0.05, 0) is 25.5 Å². The van der Waals surface area contributed by atoms with Gasteiger partial charge in [0, 0.05) is 42.2 Å². The molecule has 1 unspecified atom stereocenters. The molecule has 2 aromatic rings. The molecule has 1 aromatic carbocycles. The van der Waals surface area contributed by atoms with Gasteiger partial charge in [-0.2, -0.15) is 0 Å². The summed E-state index contributed by atoms with van der Waals surface area (Å²) < 4.78 is 0. The number of pyridine rings is 1. The number of aliphatic hydroxyl groups excluding tert-OH is 1. The molecule has 1 aliphatic carbocycles. The van der Waals surface area contributed by atoms with Crippen LogP contribution in [0.25, 0.3) is 10.8 Å². The van der Waals surface area contributed by atoms with E-state index in [0.29, 0.717) is 5.82 Å². The Morgan fingerprint density at radius 3 is 2.82 bits per heavy atom. The zero-order valence-electron chi connectivity index (χ0n) is 12.8. The van der Waals surface area contributed by atoms with Gasteiger partial charge in [0.15, 0.2) is 0 Å². The van der Waals surface area contributed by atoms with Crippen molar-refractivity contribution in [3.8, 4) is 0 Å².